The second-order valence-corrected chi connectivity index (χ2v) is 3.28. The number of nitrogens with two attached hydrogens (primary N) is 1. The number of benzene rings is 1. The van der Waals surface area contributed by atoms with E-state index < -0.39 is 6.10 Å². The molecule has 80 valence electrons. The van der Waals surface area contributed by atoms with Crippen LogP contribution in [0.25, 0.3) is 11.0 Å². The van der Waals surface area contributed by atoms with Gasteiger partial charge in [-0.05, 0) is 6.07 Å². The zero-order chi connectivity index (χ0) is 10.8. The third-order valence-corrected chi connectivity index (χ3v) is 2.39. The summed E-state index contributed by atoms with van der Waals surface area (Å²) < 4.78 is 10.5. The Balaban J connectivity index is 2.63. The summed E-state index contributed by atoms with van der Waals surface area (Å²) in [4.78, 5) is 0. The third kappa shape index (κ3) is 1.58. The number of fused-ring (bicyclic) bond motifs is 1. The maximum Gasteiger partial charge on any atom is 0.176 e. The van der Waals surface area contributed by atoms with Gasteiger partial charge < -0.3 is 20.0 Å². The molecule has 0 bridgehead atoms. The molecular formula is C11H13NO3. The van der Waals surface area contributed by atoms with Crippen LogP contribution in [0.2, 0.25) is 0 Å². The molecule has 0 amide bonds. The van der Waals surface area contributed by atoms with Gasteiger partial charge in [0.05, 0.1) is 19.5 Å². The van der Waals surface area contributed by atoms with Gasteiger partial charge in [-0.3, -0.25) is 0 Å². The van der Waals surface area contributed by atoms with Crippen LogP contribution in [-0.4, -0.2) is 18.8 Å². The van der Waals surface area contributed by atoms with Gasteiger partial charge in [0, 0.05) is 17.5 Å². The predicted octanol–water partition coefficient (Wildman–Crippen LogP) is 1.43. The minimum Gasteiger partial charge on any atom is -0.492 e. The van der Waals surface area contributed by atoms with Crippen LogP contribution in [0.4, 0.5) is 0 Å². The first-order valence-corrected chi connectivity index (χ1v) is 4.70. The summed E-state index contributed by atoms with van der Waals surface area (Å²) in [6.45, 7) is 0.155. The van der Waals surface area contributed by atoms with Gasteiger partial charge in [-0.2, -0.15) is 0 Å². The van der Waals surface area contributed by atoms with Crippen molar-refractivity contribution in [1.82, 2.24) is 0 Å². The van der Waals surface area contributed by atoms with Crippen molar-refractivity contribution >= 4 is 11.0 Å². The molecule has 0 saturated carbocycles. The summed E-state index contributed by atoms with van der Waals surface area (Å²) >= 11 is 0. The van der Waals surface area contributed by atoms with Crippen LogP contribution >= 0.6 is 0 Å². The summed E-state index contributed by atoms with van der Waals surface area (Å²) in [6.07, 6.45) is 0.862. The highest BCUT2D eigenvalue weighted by Gasteiger charge is 2.16. The van der Waals surface area contributed by atoms with E-state index in [2.05, 4.69) is 0 Å². The molecule has 0 saturated heterocycles. The lowest BCUT2D eigenvalue weighted by atomic mass is 10.1. The van der Waals surface area contributed by atoms with E-state index in [4.69, 9.17) is 14.9 Å². The summed E-state index contributed by atoms with van der Waals surface area (Å²) in [7, 11) is 1.55. The number of aliphatic hydroxyl groups excluding tert-OH is 1. The lowest BCUT2D eigenvalue weighted by Gasteiger charge is -2.12. The summed E-state index contributed by atoms with van der Waals surface area (Å²) in [6, 6.07) is 5.51. The Morgan fingerprint density at radius 1 is 1.47 bits per heavy atom. The molecule has 4 nitrogen and oxygen atoms in total. The van der Waals surface area contributed by atoms with Crippen LogP contribution in [0, 0.1) is 0 Å². The molecular weight excluding hydrogens is 194 g/mol. The van der Waals surface area contributed by atoms with Gasteiger partial charge in [0.2, 0.25) is 0 Å². The van der Waals surface area contributed by atoms with E-state index in [1.54, 1.807) is 19.4 Å². The van der Waals surface area contributed by atoms with Crippen molar-refractivity contribution < 1.29 is 14.3 Å². The Morgan fingerprint density at radius 3 is 2.93 bits per heavy atom. The van der Waals surface area contributed by atoms with E-state index in [1.807, 2.05) is 12.1 Å². The normalized spacial score (nSPS) is 13.0. The molecule has 1 atom stereocenters. The summed E-state index contributed by atoms with van der Waals surface area (Å²) in [5.74, 6) is 0.551. The quantitative estimate of drug-likeness (QED) is 0.798. The minimum atomic E-state index is -0.727. The summed E-state index contributed by atoms with van der Waals surface area (Å²) in [5, 5.41) is 10.6. The molecule has 0 aliphatic heterocycles. The van der Waals surface area contributed by atoms with Crippen molar-refractivity contribution in [2.75, 3.05) is 13.7 Å². The summed E-state index contributed by atoms with van der Waals surface area (Å²) in [5.41, 5.74) is 6.71. The van der Waals surface area contributed by atoms with Gasteiger partial charge >= 0.3 is 0 Å². The van der Waals surface area contributed by atoms with Gasteiger partial charge in [0.15, 0.2) is 11.3 Å². The number of rotatable bonds is 3. The smallest absolute Gasteiger partial charge is 0.176 e. The fourth-order valence-electron chi connectivity index (χ4n) is 1.62. The Hall–Kier alpha value is -1.52. The molecule has 1 unspecified atom stereocenters. The number of ether oxygens (including phenoxy) is 1. The predicted molar refractivity (Wildman–Crippen MR) is 56.8 cm³/mol. The Morgan fingerprint density at radius 2 is 2.27 bits per heavy atom. The molecule has 0 spiro atoms. The molecule has 0 radical (unpaired) electrons. The van der Waals surface area contributed by atoms with E-state index in [-0.39, 0.29) is 6.54 Å². The van der Waals surface area contributed by atoms with Crippen molar-refractivity contribution in [2.45, 2.75) is 6.10 Å². The van der Waals surface area contributed by atoms with E-state index >= 15 is 0 Å². The fourth-order valence-corrected chi connectivity index (χ4v) is 1.62. The van der Waals surface area contributed by atoms with Gasteiger partial charge in [0.25, 0.3) is 0 Å². The highest BCUT2D eigenvalue weighted by atomic mass is 16.5. The number of furan rings is 1. The van der Waals surface area contributed by atoms with E-state index in [1.165, 1.54) is 0 Å². The van der Waals surface area contributed by atoms with Gasteiger partial charge in [-0.1, -0.05) is 12.1 Å². The zero-order valence-electron chi connectivity index (χ0n) is 8.43. The molecule has 3 N–H and O–H groups in total. The van der Waals surface area contributed by atoms with Crippen LogP contribution < -0.4 is 10.5 Å². The molecule has 1 aromatic carbocycles. The Bertz CT molecular complexity index is 464. The van der Waals surface area contributed by atoms with Crippen LogP contribution in [-0.2, 0) is 0 Å². The van der Waals surface area contributed by atoms with E-state index in [9.17, 15) is 5.11 Å². The van der Waals surface area contributed by atoms with Crippen molar-refractivity contribution in [2.24, 2.45) is 5.73 Å². The third-order valence-electron chi connectivity index (χ3n) is 2.39. The number of aliphatic hydroxyl groups is 1. The molecule has 0 fully saturated rings. The van der Waals surface area contributed by atoms with Crippen molar-refractivity contribution in [1.29, 1.82) is 0 Å². The second kappa shape index (κ2) is 3.92. The number of hydrogen-bond acceptors (Lipinski definition) is 4. The van der Waals surface area contributed by atoms with Crippen LogP contribution in [0.3, 0.4) is 0 Å². The highest BCUT2D eigenvalue weighted by Crippen LogP contribution is 2.33. The molecule has 1 aromatic heterocycles. The van der Waals surface area contributed by atoms with E-state index in [0.29, 0.717) is 16.9 Å². The lowest BCUT2D eigenvalue weighted by Crippen LogP contribution is -2.12. The number of methoxy groups -OCH3 is 1. The van der Waals surface area contributed by atoms with Gasteiger partial charge in [0.1, 0.15) is 0 Å². The van der Waals surface area contributed by atoms with Gasteiger partial charge in [-0.15, -0.1) is 0 Å². The zero-order valence-corrected chi connectivity index (χ0v) is 8.43. The SMILES string of the molecule is COc1c(C(O)CN)ccc2ccoc12. The minimum absolute atomic E-state index is 0.155. The topological polar surface area (TPSA) is 68.6 Å². The van der Waals surface area contributed by atoms with Crippen LogP contribution in [0.1, 0.15) is 11.7 Å². The van der Waals surface area contributed by atoms with Crippen LogP contribution in [0.5, 0.6) is 5.75 Å². The maximum absolute atomic E-state index is 9.69. The molecule has 2 aromatic rings. The molecule has 1 heterocycles. The molecule has 0 aliphatic rings. The molecule has 15 heavy (non-hydrogen) atoms. The fraction of sp³-hybridized carbons (Fsp3) is 0.273. The first-order chi connectivity index (χ1) is 7.27. The van der Waals surface area contributed by atoms with Crippen LogP contribution in [0.15, 0.2) is 28.9 Å². The first kappa shape index (κ1) is 10.0. The molecule has 2 rings (SSSR count). The number of hydrogen-bond donors (Lipinski definition) is 2. The van der Waals surface area contributed by atoms with Gasteiger partial charge in [-0.25, -0.2) is 0 Å². The maximum atomic E-state index is 9.69. The average molecular weight is 207 g/mol. The van der Waals surface area contributed by atoms with Crippen molar-refractivity contribution in [3.63, 3.8) is 0 Å². The molecule has 4 heteroatoms. The first-order valence-electron chi connectivity index (χ1n) is 4.70. The molecule has 0 aliphatic carbocycles. The van der Waals surface area contributed by atoms with E-state index in [0.717, 1.165) is 5.39 Å². The monoisotopic (exact) mass is 207 g/mol. The second-order valence-electron chi connectivity index (χ2n) is 3.28. The van der Waals surface area contributed by atoms with Crippen molar-refractivity contribution in [3.05, 3.63) is 30.0 Å². The highest BCUT2D eigenvalue weighted by molar-refractivity contribution is 5.84. The largest absolute Gasteiger partial charge is 0.492 e. The Kier molecular flexibility index (Phi) is 2.62. The Labute approximate surface area is 87.2 Å². The van der Waals surface area contributed by atoms with Crippen molar-refractivity contribution in [3.8, 4) is 5.75 Å². The average Bonchev–Trinajstić information content (AvgIpc) is 2.74. The lowest BCUT2D eigenvalue weighted by molar-refractivity contribution is 0.182. The standard InChI is InChI=1S/C11H13NO3/c1-14-11-8(9(13)6-12)3-2-7-4-5-15-10(7)11/h2-5,9,13H,6,12H2,1H3.